The average molecular weight is 266 g/mol. The minimum absolute atomic E-state index is 0.117. The minimum atomic E-state index is -4.35. The first-order valence-corrected chi connectivity index (χ1v) is 6.46. The lowest BCUT2D eigenvalue weighted by Gasteiger charge is -2.08. The first-order valence-electron chi connectivity index (χ1n) is 5.02. The monoisotopic (exact) mass is 266 g/mol. The van der Waals surface area contributed by atoms with Gasteiger partial charge in [0, 0.05) is 18.5 Å². The summed E-state index contributed by atoms with van der Waals surface area (Å²) in [6.45, 7) is 1.35. The molecule has 0 aliphatic heterocycles. The molecule has 0 atom stereocenters. The van der Waals surface area contributed by atoms with Crippen molar-refractivity contribution in [3.63, 3.8) is 0 Å². The van der Waals surface area contributed by atoms with E-state index in [2.05, 4.69) is 10.3 Å². The number of amides is 1. The molecule has 1 aromatic carbocycles. The first kappa shape index (κ1) is 12.5. The van der Waals surface area contributed by atoms with Crippen LogP contribution in [-0.4, -0.2) is 23.9 Å². The van der Waals surface area contributed by atoms with E-state index < -0.39 is 10.1 Å². The maximum atomic E-state index is 11.2. The van der Waals surface area contributed by atoms with E-state index in [4.69, 9.17) is 4.55 Å². The first-order chi connectivity index (χ1) is 8.39. The molecule has 1 aromatic heterocycles. The van der Waals surface area contributed by atoms with Crippen LogP contribution in [0.4, 0.5) is 5.69 Å². The van der Waals surface area contributed by atoms with Gasteiger partial charge in [-0.05, 0) is 24.3 Å². The Bertz CT molecular complexity index is 725. The SMILES string of the molecule is CC(=O)Nc1ccc(S(=O)(=O)O)c2ncccc12. The summed E-state index contributed by atoms with van der Waals surface area (Å²) >= 11 is 0. The smallest absolute Gasteiger partial charge is 0.296 e. The van der Waals surface area contributed by atoms with E-state index in [0.717, 1.165) is 0 Å². The van der Waals surface area contributed by atoms with E-state index in [-0.39, 0.29) is 16.3 Å². The Labute approximate surface area is 103 Å². The number of hydrogen-bond acceptors (Lipinski definition) is 4. The van der Waals surface area contributed by atoms with Gasteiger partial charge in [-0.25, -0.2) is 0 Å². The highest BCUT2D eigenvalue weighted by Crippen LogP contribution is 2.27. The third-order valence-corrected chi connectivity index (χ3v) is 3.21. The topological polar surface area (TPSA) is 96.4 Å². The van der Waals surface area contributed by atoms with Crippen LogP contribution in [0.15, 0.2) is 35.4 Å². The van der Waals surface area contributed by atoms with Crippen LogP contribution >= 0.6 is 0 Å². The number of anilines is 1. The number of rotatable bonds is 2. The summed E-state index contributed by atoms with van der Waals surface area (Å²) < 4.78 is 31.5. The zero-order chi connectivity index (χ0) is 13.3. The normalized spacial score (nSPS) is 11.4. The molecule has 0 saturated heterocycles. The van der Waals surface area contributed by atoms with Crippen molar-refractivity contribution < 1.29 is 17.8 Å². The molecule has 0 spiro atoms. The maximum absolute atomic E-state index is 11.2. The Hall–Kier alpha value is -1.99. The van der Waals surface area contributed by atoms with Crippen LogP contribution in [0.1, 0.15) is 6.92 Å². The van der Waals surface area contributed by atoms with Gasteiger partial charge in [0.25, 0.3) is 10.1 Å². The van der Waals surface area contributed by atoms with Crippen molar-refractivity contribution in [1.29, 1.82) is 0 Å². The fourth-order valence-corrected chi connectivity index (χ4v) is 2.30. The number of nitrogens with zero attached hydrogens (tertiary/aromatic N) is 1. The molecule has 18 heavy (non-hydrogen) atoms. The number of carbonyl (C=O) groups is 1. The molecule has 6 nitrogen and oxygen atoms in total. The van der Waals surface area contributed by atoms with Gasteiger partial charge in [-0.3, -0.25) is 14.3 Å². The van der Waals surface area contributed by atoms with Gasteiger partial charge in [-0.2, -0.15) is 8.42 Å². The highest BCUT2D eigenvalue weighted by Gasteiger charge is 2.16. The summed E-state index contributed by atoms with van der Waals surface area (Å²) in [5.74, 6) is -0.278. The number of aromatic nitrogens is 1. The molecule has 0 bridgehead atoms. The molecule has 0 saturated carbocycles. The fourth-order valence-electron chi connectivity index (χ4n) is 1.65. The number of carbonyl (C=O) groups excluding carboxylic acids is 1. The number of nitrogens with one attached hydrogen (secondary N) is 1. The minimum Gasteiger partial charge on any atom is -0.326 e. The molecular formula is C11H10N2O4S. The van der Waals surface area contributed by atoms with E-state index in [1.807, 2.05) is 0 Å². The molecule has 1 heterocycles. The summed E-state index contributed by atoms with van der Waals surface area (Å²) in [5, 5.41) is 3.02. The maximum Gasteiger partial charge on any atom is 0.296 e. The molecule has 7 heteroatoms. The Morgan fingerprint density at radius 3 is 2.67 bits per heavy atom. The van der Waals surface area contributed by atoms with Crippen molar-refractivity contribution in [1.82, 2.24) is 4.98 Å². The molecule has 0 aliphatic carbocycles. The van der Waals surface area contributed by atoms with Crippen LogP contribution in [-0.2, 0) is 14.9 Å². The summed E-state index contributed by atoms with van der Waals surface area (Å²) in [5.41, 5.74) is 0.559. The second-order valence-electron chi connectivity index (χ2n) is 3.67. The van der Waals surface area contributed by atoms with Crippen molar-refractivity contribution >= 4 is 32.6 Å². The molecule has 2 aromatic rings. The standard InChI is InChI=1S/C11H10N2O4S/c1-7(14)13-9-4-5-10(18(15,16)17)11-8(9)3-2-6-12-11/h2-6H,1H3,(H,13,14)(H,15,16,17). The summed E-state index contributed by atoms with van der Waals surface area (Å²) in [6.07, 6.45) is 1.41. The second kappa shape index (κ2) is 4.35. The van der Waals surface area contributed by atoms with Gasteiger partial charge in [0.2, 0.25) is 5.91 Å². The summed E-state index contributed by atoms with van der Waals surface area (Å²) in [7, 11) is -4.35. The molecule has 0 radical (unpaired) electrons. The number of pyridine rings is 1. The van der Waals surface area contributed by atoms with Crippen molar-refractivity contribution in [3.05, 3.63) is 30.5 Å². The Morgan fingerprint density at radius 2 is 2.06 bits per heavy atom. The van der Waals surface area contributed by atoms with Crippen molar-refractivity contribution in [3.8, 4) is 0 Å². The average Bonchev–Trinajstić information content (AvgIpc) is 2.27. The number of benzene rings is 1. The molecule has 0 unspecified atom stereocenters. The van der Waals surface area contributed by atoms with Crippen LogP contribution in [0.25, 0.3) is 10.9 Å². The summed E-state index contributed by atoms with van der Waals surface area (Å²) in [4.78, 5) is 14.7. The molecule has 1 amide bonds. The van der Waals surface area contributed by atoms with E-state index in [0.29, 0.717) is 11.1 Å². The number of hydrogen-bond donors (Lipinski definition) is 2. The quantitative estimate of drug-likeness (QED) is 0.802. The van der Waals surface area contributed by atoms with Crippen molar-refractivity contribution in [2.45, 2.75) is 11.8 Å². The highest BCUT2D eigenvalue weighted by molar-refractivity contribution is 7.86. The lowest BCUT2D eigenvalue weighted by atomic mass is 10.2. The van der Waals surface area contributed by atoms with Crippen LogP contribution in [0.3, 0.4) is 0 Å². The second-order valence-corrected chi connectivity index (χ2v) is 5.06. The van der Waals surface area contributed by atoms with Gasteiger partial charge in [0.15, 0.2) is 0 Å². The van der Waals surface area contributed by atoms with E-state index >= 15 is 0 Å². The Morgan fingerprint density at radius 1 is 1.33 bits per heavy atom. The molecule has 0 fully saturated rings. The Kier molecular flexibility index (Phi) is 3.02. The van der Waals surface area contributed by atoms with Gasteiger partial charge in [-0.1, -0.05) is 0 Å². The zero-order valence-corrected chi connectivity index (χ0v) is 10.2. The number of fused-ring (bicyclic) bond motifs is 1. The largest absolute Gasteiger partial charge is 0.326 e. The third kappa shape index (κ3) is 2.31. The highest BCUT2D eigenvalue weighted by atomic mass is 32.2. The molecule has 0 aliphatic rings. The van der Waals surface area contributed by atoms with E-state index in [1.54, 1.807) is 12.1 Å². The lowest BCUT2D eigenvalue weighted by molar-refractivity contribution is -0.114. The summed E-state index contributed by atoms with van der Waals surface area (Å²) in [6, 6.07) is 5.84. The molecule has 2 N–H and O–H groups in total. The van der Waals surface area contributed by atoms with E-state index in [9.17, 15) is 13.2 Å². The van der Waals surface area contributed by atoms with Gasteiger partial charge >= 0.3 is 0 Å². The van der Waals surface area contributed by atoms with Crippen molar-refractivity contribution in [2.75, 3.05) is 5.32 Å². The third-order valence-electron chi connectivity index (χ3n) is 2.32. The molecular weight excluding hydrogens is 256 g/mol. The predicted molar refractivity (Wildman–Crippen MR) is 65.9 cm³/mol. The van der Waals surface area contributed by atoms with Crippen LogP contribution in [0.5, 0.6) is 0 Å². The van der Waals surface area contributed by atoms with Gasteiger partial charge < -0.3 is 5.32 Å². The van der Waals surface area contributed by atoms with E-state index in [1.165, 1.54) is 25.3 Å². The van der Waals surface area contributed by atoms with Gasteiger partial charge in [0.05, 0.1) is 11.2 Å². The predicted octanol–water partition coefficient (Wildman–Crippen LogP) is 1.44. The van der Waals surface area contributed by atoms with Crippen molar-refractivity contribution in [2.24, 2.45) is 0 Å². The zero-order valence-electron chi connectivity index (χ0n) is 9.41. The van der Waals surface area contributed by atoms with Crippen LogP contribution in [0.2, 0.25) is 0 Å². The fraction of sp³-hybridized carbons (Fsp3) is 0.0909. The van der Waals surface area contributed by atoms with Gasteiger partial charge in [0.1, 0.15) is 4.90 Å². The lowest BCUT2D eigenvalue weighted by Crippen LogP contribution is -2.08. The van der Waals surface area contributed by atoms with Gasteiger partial charge in [-0.15, -0.1) is 0 Å². The van der Waals surface area contributed by atoms with Crippen LogP contribution in [0, 0.1) is 0 Å². The molecule has 2 rings (SSSR count). The molecule has 94 valence electrons. The van der Waals surface area contributed by atoms with Crippen LogP contribution < -0.4 is 5.32 Å². The Balaban J connectivity index is 2.78.